The van der Waals surface area contributed by atoms with Crippen LogP contribution in [0.2, 0.25) is 0 Å². The summed E-state index contributed by atoms with van der Waals surface area (Å²) in [4.78, 5) is 5.66. The number of aromatic nitrogens is 1. The molecule has 1 aliphatic heterocycles. The van der Waals surface area contributed by atoms with Crippen molar-refractivity contribution in [3.63, 3.8) is 0 Å². The summed E-state index contributed by atoms with van der Waals surface area (Å²) in [6, 6.07) is 1.08. The predicted octanol–water partition coefficient (Wildman–Crippen LogP) is 4.71. The van der Waals surface area contributed by atoms with Gasteiger partial charge in [0, 0.05) is 29.1 Å². The highest BCUT2D eigenvalue weighted by Crippen LogP contribution is 2.38. The number of alkyl halides is 4. The van der Waals surface area contributed by atoms with Gasteiger partial charge in [0.15, 0.2) is 0 Å². The van der Waals surface area contributed by atoms with Crippen LogP contribution in [0.5, 0.6) is 0 Å². The van der Waals surface area contributed by atoms with Gasteiger partial charge in [-0.2, -0.15) is 13.2 Å². The maximum atomic E-state index is 13.1. The molecule has 1 aliphatic rings. The van der Waals surface area contributed by atoms with Gasteiger partial charge in [0.25, 0.3) is 0 Å². The van der Waals surface area contributed by atoms with Gasteiger partial charge in [0.05, 0.1) is 5.56 Å². The first-order valence-corrected chi connectivity index (χ1v) is 7.63. The normalized spacial score (nSPS) is 19.2. The summed E-state index contributed by atoms with van der Waals surface area (Å²) in [5.74, 6) is 0.374. The van der Waals surface area contributed by atoms with Crippen LogP contribution in [-0.2, 0) is 6.18 Å². The fourth-order valence-corrected chi connectivity index (χ4v) is 3.05. The van der Waals surface area contributed by atoms with Crippen molar-refractivity contribution in [2.45, 2.75) is 31.3 Å². The lowest BCUT2D eigenvalue weighted by Gasteiger charge is -2.35. The smallest absolute Gasteiger partial charge is 0.356 e. The Morgan fingerprint density at radius 3 is 2.50 bits per heavy atom. The topological polar surface area (TPSA) is 16.1 Å². The average molecular weight is 372 g/mol. The molecule has 2 nitrogen and oxygen atoms in total. The molecule has 0 radical (unpaired) electrons. The van der Waals surface area contributed by atoms with E-state index in [1.807, 2.05) is 6.92 Å². The van der Waals surface area contributed by atoms with Crippen molar-refractivity contribution in [1.29, 1.82) is 0 Å². The van der Waals surface area contributed by atoms with Gasteiger partial charge in [-0.1, -0.05) is 0 Å². The van der Waals surface area contributed by atoms with Gasteiger partial charge < -0.3 is 4.90 Å². The highest BCUT2D eigenvalue weighted by molar-refractivity contribution is 9.10. The molecule has 112 valence electrons. The molecule has 0 bridgehead atoms. The second kappa shape index (κ2) is 6.10. The zero-order chi connectivity index (χ0) is 14.9. The molecular weight excluding hydrogens is 357 g/mol. The van der Waals surface area contributed by atoms with Crippen molar-refractivity contribution in [1.82, 2.24) is 4.98 Å². The third-order valence-electron chi connectivity index (χ3n) is 3.63. The Morgan fingerprint density at radius 1 is 1.40 bits per heavy atom. The van der Waals surface area contributed by atoms with E-state index in [9.17, 15) is 13.2 Å². The summed E-state index contributed by atoms with van der Waals surface area (Å²) < 4.78 is 39.6. The van der Waals surface area contributed by atoms with Crippen LogP contribution >= 0.6 is 27.5 Å². The van der Waals surface area contributed by atoms with E-state index in [2.05, 4.69) is 20.9 Å². The van der Waals surface area contributed by atoms with Gasteiger partial charge in [-0.05, 0) is 47.7 Å². The lowest BCUT2D eigenvalue weighted by Crippen LogP contribution is -2.37. The van der Waals surface area contributed by atoms with Gasteiger partial charge in [0.2, 0.25) is 0 Å². The number of rotatable bonds is 2. The standard InChI is InChI=1S/C13H15BrClF3N2/c1-8(15)9-2-4-20(5-3-9)12-11(13(16,17)18)6-10(14)7-19-12/h6-9H,2-5H2,1H3. The SMILES string of the molecule is CC(Cl)C1CCN(c2ncc(Br)cc2C(F)(F)F)CC1. The summed E-state index contributed by atoms with van der Waals surface area (Å²) in [6.07, 6.45) is -1.41. The minimum absolute atomic E-state index is 0.0152. The highest BCUT2D eigenvalue weighted by atomic mass is 79.9. The molecule has 0 saturated carbocycles. The molecule has 0 amide bonds. The second-order valence-corrected chi connectivity index (χ2v) is 6.63. The van der Waals surface area contributed by atoms with Gasteiger partial charge in [-0.15, -0.1) is 11.6 Å². The molecule has 7 heteroatoms. The molecule has 0 spiro atoms. The van der Waals surface area contributed by atoms with Crippen LogP contribution in [0, 0.1) is 5.92 Å². The van der Waals surface area contributed by atoms with Gasteiger partial charge in [-0.3, -0.25) is 0 Å². The molecule has 1 aromatic heterocycles. The van der Waals surface area contributed by atoms with E-state index in [0.29, 0.717) is 23.5 Å². The lowest BCUT2D eigenvalue weighted by molar-refractivity contribution is -0.137. The van der Waals surface area contributed by atoms with E-state index in [0.717, 1.165) is 18.9 Å². The van der Waals surface area contributed by atoms with E-state index >= 15 is 0 Å². The number of anilines is 1. The molecule has 1 fully saturated rings. The van der Waals surface area contributed by atoms with Gasteiger partial charge >= 0.3 is 6.18 Å². The van der Waals surface area contributed by atoms with Gasteiger partial charge in [-0.25, -0.2) is 4.98 Å². The number of nitrogens with zero attached hydrogens (tertiary/aromatic N) is 2. The fraction of sp³-hybridized carbons (Fsp3) is 0.615. The van der Waals surface area contributed by atoms with Crippen LogP contribution in [0.4, 0.5) is 19.0 Å². The molecule has 1 aromatic rings. The Bertz CT molecular complexity index is 471. The predicted molar refractivity (Wildman–Crippen MR) is 77.2 cm³/mol. The molecular formula is C13H15BrClF3N2. The zero-order valence-corrected chi connectivity index (χ0v) is 13.3. The Kier molecular flexibility index (Phi) is 4.84. The average Bonchev–Trinajstić information content (AvgIpc) is 2.38. The van der Waals surface area contributed by atoms with Crippen molar-refractivity contribution < 1.29 is 13.2 Å². The first-order chi connectivity index (χ1) is 9.29. The van der Waals surface area contributed by atoms with Crippen molar-refractivity contribution >= 4 is 33.3 Å². The minimum atomic E-state index is -4.40. The van der Waals surface area contributed by atoms with Crippen LogP contribution in [0.3, 0.4) is 0 Å². The highest BCUT2D eigenvalue weighted by Gasteiger charge is 2.37. The minimum Gasteiger partial charge on any atom is -0.356 e. The third kappa shape index (κ3) is 3.58. The summed E-state index contributed by atoms with van der Waals surface area (Å²) in [5.41, 5.74) is -0.691. The van der Waals surface area contributed by atoms with Crippen molar-refractivity contribution in [2.24, 2.45) is 5.92 Å². The Balaban J connectivity index is 2.22. The van der Waals surface area contributed by atoms with E-state index in [4.69, 9.17) is 11.6 Å². The van der Waals surface area contributed by atoms with Crippen molar-refractivity contribution in [3.8, 4) is 0 Å². The number of pyridine rings is 1. The molecule has 20 heavy (non-hydrogen) atoms. The summed E-state index contributed by atoms with van der Waals surface area (Å²) in [6.45, 7) is 3.04. The zero-order valence-electron chi connectivity index (χ0n) is 10.9. The first kappa shape index (κ1) is 15.9. The fourth-order valence-electron chi connectivity index (χ4n) is 2.46. The number of hydrogen-bond acceptors (Lipinski definition) is 2. The van der Waals surface area contributed by atoms with E-state index in [1.165, 1.54) is 6.20 Å². The van der Waals surface area contributed by atoms with Crippen LogP contribution in [0.15, 0.2) is 16.7 Å². The van der Waals surface area contributed by atoms with Crippen LogP contribution in [0.1, 0.15) is 25.3 Å². The lowest BCUT2D eigenvalue weighted by atomic mass is 9.94. The third-order valence-corrected chi connectivity index (χ3v) is 4.42. The number of halogens is 5. The molecule has 1 saturated heterocycles. The Hall–Kier alpha value is -0.490. The maximum absolute atomic E-state index is 13.1. The summed E-state index contributed by atoms with van der Waals surface area (Å²) >= 11 is 9.10. The molecule has 1 atom stereocenters. The van der Waals surface area contributed by atoms with Crippen molar-refractivity contribution in [2.75, 3.05) is 18.0 Å². The summed E-state index contributed by atoms with van der Waals surface area (Å²) in [7, 11) is 0. The molecule has 2 heterocycles. The van der Waals surface area contributed by atoms with E-state index in [-0.39, 0.29) is 11.2 Å². The van der Waals surface area contributed by atoms with Crippen LogP contribution < -0.4 is 4.90 Å². The first-order valence-electron chi connectivity index (χ1n) is 6.41. The molecule has 0 aliphatic carbocycles. The second-order valence-electron chi connectivity index (χ2n) is 5.02. The summed E-state index contributed by atoms with van der Waals surface area (Å²) in [5, 5.41) is 0.0529. The Labute approximate surface area is 129 Å². The molecule has 2 rings (SSSR count). The van der Waals surface area contributed by atoms with Gasteiger partial charge in [0.1, 0.15) is 5.82 Å². The van der Waals surface area contributed by atoms with Crippen LogP contribution in [-0.4, -0.2) is 23.5 Å². The maximum Gasteiger partial charge on any atom is 0.419 e. The van der Waals surface area contributed by atoms with Crippen LogP contribution in [0.25, 0.3) is 0 Å². The van der Waals surface area contributed by atoms with E-state index in [1.54, 1.807) is 4.90 Å². The largest absolute Gasteiger partial charge is 0.419 e. The van der Waals surface area contributed by atoms with Crippen molar-refractivity contribution in [3.05, 3.63) is 22.3 Å². The molecule has 0 aromatic carbocycles. The Morgan fingerprint density at radius 2 is 2.00 bits per heavy atom. The number of piperidine rings is 1. The molecule has 1 unspecified atom stereocenters. The number of hydrogen-bond donors (Lipinski definition) is 0. The quantitative estimate of drug-likeness (QED) is 0.700. The monoisotopic (exact) mass is 370 g/mol. The van der Waals surface area contributed by atoms with E-state index < -0.39 is 11.7 Å². The molecule has 0 N–H and O–H groups in total.